The molecule has 0 aliphatic heterocycles. The average molecular weight is 318 g/mol. The Balaban J connectivity index is 2.57. The summed E-state index contributed by atoms with van der Waals surface area (Å²) >= 11 is 0. The lowest BCUT2D eigenvalue weighted by Crippen LogP contribution is -2.46. The van der Waals surface area contributed by atoms with Gasteiger partial charge in [-0.05, 0) is 18.1 Å². The van der Waals surface area contributed by atoms with E-state index in [0.717, 1.165) is 0 Å². The zero-order valence-corrected chi connectivity index (χ0v) is 13.0. The molecule has 2 aromatic rings. The molecule has 23 heavy (non-hydrogen) atoms. The summed E-state index contributed by atoms with van der Waals surface area (Å²) in [6.07, 6.45) is 0. The molecule has 2 rings (SSSR count). The van der Waals surface area contributed by atoms with E-state index in [1.165, 1.54) is 11.6 Å². The zero-order chi connectivity index (χ0) is 17.3. The first-order valence-corrected chi connectivity index (χ1v) is 7.10. The van der Waals surface area contributed by atoms with Crippen molar-refractivity contribution < 1.29 is 19.8 Å². The highest BCUT2D eigenvalue weighted by Gasteiger charge is 2.28. The number of fused-ring (bicyclic) bond motifs is 1. The van der Waals surface area contributed by atoms with Gasteiger partial charge in [-0.3, -0.25) is 9.59 Å². The number of benzene rings is 1. The number of hydrogen-bond donors (Lipinski definition) is 3. The topological polar surface area (TPSA) is 109 Å². The third-order valence-electron chi connectivity index (χ3n) is 3.72. The van der Waals surface area contributed by atoms with Gasteiger partial charge in [-0.25, -0.2) is 4.79 Å². The number of aromatic hydroxyl groups is 1. The Morgan fingerprint density at radius 1 is 1.22 bits per heavy atom. The maximum absolute atomic E-state index is 12.4. The highest BCUT2D eigenvalue weighted by Crippen LogP contribution is 2.25. The number of nitrogens with zero attached hydrogens (tertiary/aromatic N) is 1. The van der Waals surface area contributed by atoms with Gasteiger partial charge in [0.1, 0.15) is 17.4 Å². The van der Waals surface area contributed by atoms with Gasteiger partial charge in [0.25, 0.3) is 11.5 Å². The van der Waals surface area contributed by atoms with Crippen LogP contribution in [0.2, 0.25) is 0 Å². The Morgan fingerprint density at radius 2 is 1.83 bits per heavy atom. The fraction of sp³-hybridized carbons (Fsp3) is 0.312. The second-order valence-corrected chi connectivity index (χ2v) is 5.64. The number of aromatic nitrogens is 1. The largest absolute Gasteiger partial charge is 0.506 e. The van der Waals surface area contributed by atoms with E-state index in [9.17, 15) is 19.5 Å². The fourth-order valence-corrected chi connectivity index (χ4v) is 2.41. The molecule has 0 fully saturated rings. The summed E-state index contributed by atoms with van der Waals surface area (Å²) in [6, 6.07) is 5.45. The molecule has 1 aromatic carbocycles. The molecule has 1 amide bonds. The molecular weight excluding hydrogens is 300 g/mol. The molecule has 0 bridgehead atoms. The molecule has 7 nitrogen and oxygen atoms in total. The van der Waals surface area contributed by atoms with Gasteiger partial charge in [0.05, 0.1) is 5.52 Å². The monoisotopic (exact) mass is 318 g/mol. The molecule has 0 spiro atoms. The minimum absolute atomic E-state index is 0.344. The molecule has 122 valence electrons. The number of carbonyl (C=O) groups excluding carboxylic acids is 1. The lowest BCUT2D eigenvalue weighted by atomic mass is 10.0. The molecule has 1 heterocycles. The highest BCUT2D eigenvalue weighted by atomic mass is 16.4. The molecule has 1 aromatic heterocycles. The third-order valence-corrected chi connectivity index (χ3v) is 3.72. The molecule has 0 aliphatic carbocycles. The van der Waals surface area contributed by atoms with Crippen molar-refractivity contribution in [2.75, 3.05) is 0 Å². The van der Waals surface area contributed by atoms with Gasteiger partial charge in [0, 0.05) is 12.4 Å². The van der Waals surface area contributed by atoms with Crippen molar-refractivity contribution in [3.63, 3.8) is 0 Å². The summed E-state index contributed by atoms with van der Waals surface area (Å²) in [5, 5.41) is 22.1. The van der Waals surface area contributed by atoms with Crippen molar-refractivity contribution in [1.82, 2.24) is 9.88 Å². The van der Waals surface area contributed by atoms with Gasteiger partial charge in [0.2, 0.25) is 0 Å². The normalized spacial score (nSPS) is 12.3. The fourth-order valence-electron chi connectivity index (χ4n) is 2.41. The number of para-hydroxylation sites is 1. The Hall–Kier alpha value is -2.83. The number of aryl methyl sites for hydroxylation is 1. The van der Waals surface area contributed by atoms with Crippen LogP contribution in [0.1, 0.15) is 24.2 Å². The number of carboxylic acids is 1. The first-order chi connectivity index (χ1) is 10.8. The van der Waals surface area contributed by atoms with Crippen LogP contribution in [-0.2, 0) is 11.8 Å². The molecule has 7 heteroatoms. The summed E-state index contributed by atoms with van der Waals surface area (Å²) in [7, 11) is 1.48. The SMILES string of the molecule is CC(C)C(NC(=O)c1c(O)c2ccccc2n(C)c1=O)C(=O)O. The van der Waals surface area contributed by atoms with Crippen LogP contribution < -0.4 is 10.9 Å². The van der Waals surface area contributed by atoms with Crippen LogP contribution in [0.15, 0.2) is 29.1 Å². The van der Waals surface area contributed by atoms with Crippen LogP contribution in [0.4, 0.5) is 0 Å². The van der Waals surface area contributed by atoms with E-state index >= 15 is 0 Å². The van der Waals surface area contributed by atoms with Crippen molar-refractivity contribution in [1.29, 1.82) is 0 Å². The van der Waals surface area contributed by atoms with Crippen molar-refractivity contribution in [3.05, 3.63) is 40.2 Å². The summed E-state index contributed by atoms with van der Waals surface area (Å²) in [5.41, 5.74) is -0.671. The maximum Gasteiger partial charge on any atom is 0.326 e. The number of carbonyl (C=O) groups is 2. The Kier molecular flexibility index (Phi) is 4.40. The maximum atomic E-state index is 12.4. The van der Waals surface area contributed by atoms with Crippen LogP contribution in [0.5, 0.6) is 5.75 Å². The van der Waals surface area contributed by atoms with Crippen LogP contribution in [0, 0.1) is 5.92 Å². The van der Waals surface area contributed by atoms with E-state index in [1.807, 2.05) is 0 Å². The predicted molar refractivity (Wildman–Crippen MR) is 84.6 cm³/mol. The quantitative estimate of drug-likeness (QED) is 0.782. The Labute approximate surface area is 132 Å². The second-order valence-electron chi connectivity index (χ2n) is 5.64. The molecular formula is C16H18N2O5. The van der Waals surface area contributed by atoms with Crippen LogP contribution in [-0.4, -0.2) is 32.7 Å². The molecule has 0 saturated heterocycles. The smallest absolute Gasteiger partial charge is 0.326 e. The summed E-state index contributed by atoms with van der Waals surface area (Å²) in [5.74, 6) is -2.93. The van der Waals surface area contributed by atoms with E-state index < -0.39 is 34.8 Å². The van der Waals surface area contributed by atoms with Gasteiger partial charge >= 0.3 is 5.97 Å². The molecule has 0 aliphatic rings. The first-order valence-electron chi connectivity index (χ1n) is 7.10. The van der Waals surface area contributed by atoms with Crippen molar-refractivity contribution in [3.8, 4) is 5.75 Å². The zero-order valence-electron chi connectivity index (χ0n) is 13.0. The van der Waals surface area contributed by atoms with Gasteiger partial charge in [-0.15, -0.1) is 0 Å². The van der Waals surface area contributed by atoms with Crippen LogP contribution in [0.3, 0.4) is 0 Å². The van der Waals surface area contributed by atoms with Crippen LogP contribution in [0.25, 0.3) is 10.9 Å². The standard InChI is InChI=1S/C16H18N2O5/c1-8(2)12(16(22)23)17-14(20)11-13(19)9-6-4-5-7-10(9)18(3)15(11)21/h4-8,12,19H,1-3H3,(H,17,20)(H,22,23). The predicted octanol–water partition coefficient (Wildman–Crippen LogP) is 1.08. The van der Waals surface area contributed by atoms with E-state index in [-0.39, 0.29) is 5.92 Å². The first kappa shape index (κ1) is 16.5. The van der Waals surface area contributed by atoms with E-state index in [1.54, 1.807) is 38.1 Å². The van der Waals surface area contributed by atoms with E-state index in [0.29, 0.717) is 10.9 Å². The number of carboxylic acid groups (broad SMARTS) is 1. The van der Waals surface area contributed by atoms with Crippen molar-refractivity contribution in [2.45, 2.75) is 19.9 Å². The van der Waals surface area contributed by atoms with E-state index in [2.05, 4.69) is 5.32 Å². The Morgan fingerprint density at radius 3 is 2.39 bits per heavy atom. The highest BCUT2D eigenvalue weighted by molar-refractivity contribution is 6.03. The second kappa shape index (κ2) is 6.12. The molecule has 3 N–H and O–H groups in total. The summed E-state index contributed by atoms with van der Waals surface area (Å²) in [6.45, 7) is 3.27. The molecule has 1 atom stereocenters. The third kappa shape index (κ3) is 2.90. The molecule has 0 radical (unpaired) electrons. The molecule has 1 unspecified atom stereocenters. The minimum atomic E-state index is -1.20. The number of pyridine rings is 1. The number of aliphatic carboxylic acids is 1. The summed E-state index contributed by atoms with van der Waals surface area (Å²) < 4.78 is 1.25. The number of nitrogens with one attached hydrogen (secondary N) is 1. The summed E-state index contributed by atoms with van der Waals surface area (Å²) in [4.78, 5) is 35.9. The number of rotatable bonds is 4. The van der Waals surface area contributed by atoms with Crippen molar-refractivity contribution in [2.24, 2.45) is 13.0 Å². The number of amides is 1. The van der Waals surface area contributed by atoms with Gasteiger partial charge < -0.3 is 20.1 Å². The Bertz CT molecular complexity index is 838. The van der Waals surface area contributed by atoms with Gasteiger partial charge in [-0.1, -0.05) is 26.0 Å². The molecule has 0 saturated carbocycles. The average Bonchev–Trinajstić information content (AvgIpc) is 2.50. The van der Waals surface area contributed by atoms with Crippen molar-refractivity contribution >= 4 is 22.8 Å². The van der Waals surface area contributed by atoms with E-state index in [4.69, 9.17) is 5.11 Å². The van der Waals surface area contributed by atoms with Crippen LogP contribution >= 0.6 is 0 Å². The number of hydrogen-bond acceptors (Lipinski definition) is 4. The van der Waals surface area contributed by atoms with Gasteiger partial charge in [-0.2, -0.15) is 0 Å². The minimum Gasteiger partial charge on any atom is -0.506 e. The lowest BCUT2D eigenvalue weighted by molar-refractivity contribution is -0.140. The lowest BCUT2D eigenvalue weighted by Gasteiger charge is -2.18. The van der Waals surface area contributed by atoms with Gasteiger partial charge in [0.15, 0.2) is 0 Å².